The summed E-state index contributed by atoms with van der Waals surface area (Å²) in [7, 11) is 0. The molecule has 0 radical (unpaired) electrons. The van der Waals surface area contributed by atoms with Gasteiger partial charge in [-0.3, -0.25) is 5.01 Å². The predicted molar refractivity (Wildman–Crippen MR) is 106 cm³/mol. The number of aromatic nitrogens is 3. The van der Waals surface area contributed by atoms with Crippen LogP contribution in [0, 0.1) is 0 Å². The highest BCUT2D eigenvalue weighted by atomic mass is 15.7. The highest BCUT2D eigenvalue weighted by Crippen LogP contribution is 2.12. The number of nitrogens with zero attached hydrogens (tertiary/aromatic N) is 4. The first kappa shape index (κ1) is 16.3. The van der Waals surface area contributed by atoms with Gasteiger partial charge in [0.2, 0.25) is 0 Å². The van der Waals surface area contributed by atoms with Gasteiger partial charge >= 0.3 is 0 Å². The Bertz CT molecular complexity index is 904. The van der Waals surface area contributed by atoms with E-state index in [1.54, 1.807) is 0 Å². The summed E-state index contributed by atoms with van der Waals surface area (Å²) in [6.45, 7) is 1.79. The van der Waals surface area contributed by atoms with Gasteiger partial charge in [0.05, 0.1) is 0 Å². The first-order chi connectivity index (χ1) is 12.9. The number of para-hydroxylation sites is 1. The van der Waals surface area contributed by atoms with E-state index in [1.807, 2.05) is 23.0 Å². The lowest BCUT2D eigenvalue weighted by Gasteiger charge is -2.24. The Labute approximate surface area is 153 Å². The normalized spacial score (nSPS) is 10.9. The summed E-state index contributed by atoms with van der Waals surface area (Å²) in [4.78, 5) is 1.96. The van der Waals surface area contributed by atoms with E-state index in [0.717, 1.165) is 37.0 Å². The quantitative estimate of drug-likeness (QED) is 0.511. The molecule has 130 valence electrons. The van der Waals surface area contributed by atoms with Gasteiger partial charge in [-0.25, -0.2) is 0 Å². The Morgan fingerprint density at radius 1 is 0.654 bits per heavy atom. The summed E-state index contributed by atoms with van der Waals surface area (Å²) >= 11 is 0. The molecule has 0 N–H and O–H groups in total. The van der Waals surface area contributed by atoms with Crippen molar-refractivity contribution in [2.45, 2.75) is 12.8 Å². The molecule has 0 fully saturated rings. The molecule has 0 aliphatic carbocycles. The second-order valence-electron chi connectivity index (χ2n) is 6.39. The molecule has 0 unspecified atom stereocenters. The number of rotatable bonds is 7. The summed E-state index contributed by atoms with van der Waals surface area (Å²) in [5, 5.41) is 11.0. The topological polar surface area (TPSA) is 34.0 Å². The lowest BCUT2D eigenvalue weighted by Crippen LogP contribution is -2.39. The van der Waals surface area contributed by atoms with Crippen LogP contribution in [0.4, 0.5) is 0 Å². The van der Waals surface area contributed by atoms with Gasteiger partial charge in [-0.2, -0.15) is 4.79 Å². The summed E-state index contributed by atoms with van der Waals surface area (Å²) in [5.74, 6) is 0. The van der Waals surface area contributed by atoms with Crippen molar-refractivity contribution >= 4 is 11.0 Å². The molecule has 26 heavy (non-hydrogen) atoms. The molecule has 0 amide bonds. The fraction of sp³-hybridized carbons (Fsp3) is 0.182. The smallest absolute Gasteiger partial charge is 0.115 e. The fourth-order valence-corrected chi connectivity index (χ4v) is 3.17. The van der Waals surface area contributed by atoms with Gasteiger partial charge in [0.15, 0.2) is 0 Å². The molecule has 4 rings (SSSR count). The number of benzene rings is 3. The van der Waals surface area contributed by atoms with Crippen LogP contribution in [0.15, 0.2) is 84.9 Å². The molecule has 3 aromatic carbocycles. The van der Waals surface area contributed by atoms with Crippen molar-refractivity contribution < 1.29 is 0 Å². The van der Waals surface area contributed by atoms with Crippen LogP contribution in [0.5, 0.6) is 0 Å². The Hall–Kier alpha value is -3.14. The molecular weight excluding hydrogens is 320 g/mol. The minimum Gasteiger partial charge on any atom is -0.294 e. The molecule has 0 aliphatic heterocycles. The van der Waals surface area contributed by atoms with Crippen molar-refractivity contribution in [1.82, 2.24) is 15.1 Å². The highest BCUT2D eigenvalue weighted by Gasteiger charge is 2.12. The molecule has 0 saturated carbocycles. The summed E-state index contributed by atoms with van der Waals surface area (Å²) in [5.41, 5.74) is 4.65. The van der Waals surface area contributed by atoms with E-state index in [1.165, 1.54) is 11.1 Å². The first-order valence-corrected chi connectivity index (χ1v) is 9.04. The zero-order valence-electron chi connectivity index (χ0n) is 14.7. The summed E-state index contributed by atoms with van der Waals surface area (Å²) in [6.07, 6.45) is 1.95. The average Bonchev–Trinajstić information content (AvgIpc) is 3.14. The predicted octanol–water partition coefficient (Wildman–Crippen LogP) is 3.85. The van der Waals surface area contributed by atoms with Gasteiger partial charge in [-0.05, 0) is 41.3 Å². The molecular formula is C22H22N4. The first-order valence-electron chi connectivity index (χ1n) is 9.04. The van der Waals surface area contributed by atoms with Crippen LogP contribution in [-0.2, 0) is 12.8 Å². The maximum atomic E-state index is 4.41. The SMILES string of the molecule is c1ccc(CCN(CCc2ccccc2)n2nnc3ccccc32)cc1. The van der Waals surface area contributed by atoms with Crippen molar-refractivity contribution in [2.75, 3.05) is 18.1 Å². The lowest BCUT2D eigenvalue weighted by atomic mass is 10.1. The monoisotopic (exact) mass is 342 g/mol. The minimum absolute atomic E-state index is 0.893. The van der Waals surface area contributed by atoms with E-state index in [0.29, 0.717) is 0 Å². The van der Waals surface area contributed by atoms with Crippen LogP contribution in [0.2, 0.25) is 0 Å². The van der Waals surface area contributed by atoms with E-state index in [2.05, 4.69) is 82.1 Å². The maximum absolute atomic E-state index is 4.41. The zero-order valence-corrected chi connectivity index (χ0v) is 14.7. The van der Waals surface area contributed by atoms with Crippen molar-refractivity contribution in [1.29, 1.82) is 0 Å². The van der Waals surface area contributed by atoms with Crippen molar-refractivity contribution in [3.63, 3.8) is 0 Å². The van der Waals surface area contributed by atoms with Crippen molar-refractivity contribution in [2.24, 2.45) is 0 Å². The molecule has 4 aromatic rings. The lowest BCUT2D eigenvalue weighted by molar-refractivity contribution is 0.526. The molecule has 0 saturated heterocycles. The fourth-order valence-electron chi connectivity index (χ4n) is 3.17. The maximum Gasteiger partial charge on any atom is 0.115 e. The molecule has 0 aliphatic rings. The van der Waals surface area contributed by atoms with Gasteiger partial charge in [0.1, 0.15) is 11.0 Å². The largest absolute Gasteiger partial charge is 0.294 e. The third kappa shape index (κ3) is 3.75. The molecule has 4 heteroatoms. The summed E-state index contributed by atoms with van der Waals surface area (Å²) < 4.78 is 0. The molecule has 0 spiro atoms. The number of hydrogen-bond donors (Lipinski definition) is 0. The van der Waals surface area contributed by atoms with Crippen molar-refractivity contribution in [3.05, 3.63) is 96.1 Å². The van der Waals surface area contributed by atoms with E-state index in [9.17, 15) is 0 Å². The Morgan fingerprint density at radius 2 is 1.19 bits per heavy atom. The highest BCUT2D eigenvalue weighted by molar-refractivity contribution is 5.74. The van der Waals surface area contributed by atoms with Gasteiger partial charge in [0, 0.05) is 13.1 Å². The number of fused-ring (bicyclic) bond motifs is 1. The minimum atomic E-state index is 0.893. The van der Waals surface area contributed by atoms with Crippen LogP contribution in [0.25, 0.3) is 11.0 Å². The van der Waals surface area contributed by atoms with Crippen LogP contribution >= 0.6 is 0 Å². The van der Waals surface area contributed by atoms with Gasteiger partial charge < -0.3 is 0 Å². The molecule has 1 aromatic heterocycles. The van der Waals surface area contributed by atoms with Crippen LogP contribution in [0.1, 0.15) is 11.1 Å². The van der Waals surface area contributed by atoms with E-state index in [4.69, 9.17) is 0 Å². The number of hydrogen-bond acceptors (Lipinski definition) is 3. The summed E-state index contributed by atoms with van der Waals surface area (Å²) in [6, 6.07) is 29.3. The Morgan fingerprint density at radius 3 is 1.81 bits per heavy atom. The Kier molecular flexibility index (Phi) is 4.92. The third-order valence-electron chi connectivity index (χ3n) is 4.61. The van der Waals surface area contributed by atoms with Gasteiger partial charge in [-0.15, -0.1) is 5.10 Å². The molecule has 1 heterocycles. The van der Waals surface area contributed by atoms with E-state index < -0.39 is 0 Å². The molecule has 0 atom stereocenters. The van der Waals surface area contributed by atoms with Gasteiger partial charge in [0.25, 0.3) is 0 Å². The third-order valence-corrected chi connectivity index (χ3v) is 4.61. The average molecular weight is 342 g/mol. The zero-order chi connectivity index (χ0) is 17.6. The Balaban J connectivity index is 1.56. The van der Waals surface area contributed by atoms with Gasteiger partial charge in [-0.1, -0.05) is 72.8 Å². The van der Waals surface area contributed by atoms with E-state index in [-0.39, 0.29) is 0 Å². The second-order valence-corrected chi connectivity index (χ2v) is 6.39. The van der Waals surface area contributed by atoms with Crippen LogP contribution < -0.4 is 5.01 Å². The molecule has 0 bridgehead atoms. The van der Waals surface area contributed by atoms with Crippen molar-refractivity contribution in [3.8, 4) is 0 Å². The second kappa shape index (κ2) is 7.83. The van der Waals surface area contributed by atoms with Crippen LogP contribution in [-0.4, -0.2) is 28.2 Å². The van der Waals surface area contributed by atoms with Crippen LogP contribution in [0.3, 0.4) is 0 Å². The van der Waals surface area contributed by atoms with E-state index >= 15 is 0 Å². The standard InChI is InChI=1S/C22H22N4/c1-3-9-19(10-4-1)15-17-25(18-16-20-11-5-2-6-12-20)26-22-14-8-7-13-21(22)23-24-26/h1-14H,15-18H2. The molecule has 4 nitrogen and oxygen atoms in total.